The molecule has 0 unspecified atom stereocenters. The minimum atomic E-state index is -0.152. The van der Waals surface area contributed by atoms with Crippen LogP contribution in [0.5, 0.6) is 0 Å². The van der Waals surface area contributed by atoms with Crippen LogP contribution in [0, 0.1) is 37.0 Å². The molecule has 0 aliphatic heterocycles. The highest BCUT2D eigenvalue weighted by Gasteiger charge is 2.22. The molecule has 5 heteroatoms. The normalized spacial score (nSPS) is 19.4. The van der Waals surface area contributed by atoms with E-state index in [1.54, 1.807) is 17.8 Å². The molecular weight excluding hydrogens is 356 g/mol. The van der Waals surface area contributed by atoms with Crippen LogP contribution in [-0.2, 0) is 5.75 Å². The summed E-state index contributed by atoms with van der Waals surface area (Å²) < 4.78 is 5.75. The van der Waals surface area contributed by atoms with Crippen molar-refractivity contribution in [2.45, 2.75) is 50.2 Å². The number of thioether (sulfide) groups is 1. The van der Waals surface area contributed by atoms with Gasteiger partial charge in [-0.3, -0.25) is 4.79 Å². The van der Waals surface area contributed by atoms with Crippen molar-refractivity contribution in [1.82, 2.24) is 5.32 Å². The highest BCUT2D eigenvalue weighted by molar-refractivity contribution is 7.98. The van der Waals surface area contributed by atoms with E-state index in [0.717, 1.165) is 31.4 Å². The van der Waals surface area contributed by atoms with Crippen LogP contribution in [0.25, 0.3) is 0 Å². The lowest BCUT2D eigenvalue weighted by Gasteiger charge is -2.24. The van der Waals surface area contributed by atoms with E-state index in [1.165, 1.54) is 16.0 Å². The van der Waals surface area contributed by atoms with Crippen molar-refractivity contribution in [2.75, 3.05) is 6.54 Å². The van der Waals surface area contributed by atoms with E-state index in [9.17, 15) is 4.79 Å². The van der Waals surface area contributed by atoms with Crippen LogP contribution in [0.4, 0.5) is 0 Å². The Kier molecular flexibility index (Phi) is 6.63. The van der Waals surface area contributed by atoms with Crippen molar-refractivity contribution in [3.63, 3.8) is 0 Å². The molecule has 0 saturated heterocycles. The molecule has 142 valence electrons. The zero-order chi connectivity index (χ0) is 19.2. The number of rotatable bonds is 6. The molecule has 1 aliphatic rings. The van der Waals surface area contributed by atoms with Gasteiger partial charge in [0.05, 0.1) is 11.8 Å². The van der Waals surface area contributed by atoms with Crippen LogP contribution >= 0.6 is 11.8 Å². The van der Waals surface area contributed by atoms with Crippen molar-refractivity contribution in [3.8, 4) is 6.07 Å². The van der Waals surface area contributed by atoms with Gasteiger partial charge in [-0.1, -0.05) is 18.2 Å². The quantitative estimate of drug-likeness (QED) is 0.693. The number of carbonyl (C=O) groups excluding carboxylic acids is 1. The van der Waals surface area contributed by atoms with Gasteiger partial charge in [0.25, 0.3) is 5.91 Å². The first kappa shape index (κ1) is 19.6. The molecule has 0 radical (unpaired) electrons. The van der Waals surface area contributed by atoms with Crippen LogP contribution in [0.2, 0.25) is 0 Å². The maximum atomic E-state index is 12.3. The molecule has 1 aliphatic carbocycles. The number of benzene rings is 1. The zero-order valence-electron chi connectivity index (χ0n) is 16.0. The first-order valence-electron chi connectivity index (χ1n) is 9.52. The Hall–Kier alpha value is -2.19. The Labute approximate surface area is 165 Å². The van der Waals surface area contributed by atoms with Crippen molar-refractivity contribution in [3.05, 3.63) is 53.0 Å². The Bertz CT molecular complexity index is 809. The summed E-state index contributed by atoms with van der Waals surface area (Å²) in [5.74, 6) is 2.39. The number of hydrogen-bond acceptors (Lipinski definition) is 4. The molecule has 2 aromatic rings. The highest BCUT2D eigenvalue weighted by atomic mass is 32.2. The fraction of sp³-hybridized carbons (Fsp3) is 0.455. The van der Waals surface area contributed by atoms with Crippen LogP contribution in [0.15, 0.2) is 39.6 Å². The van der Waals surface area contributed by atoms with Crippen molar-refractivity contribution < 1.29 is 9.21 Å². The summed E-state index contributed by atoms with van der Waals surface area (Å²) in [5, 5.41) is 11.9. The lowest BCUT2D eigenvalue weighted by Crippen LogP contribution is -2.31. The predicted molar refractivity (Wildman–Crippen MR) is 108 cm³/mol. The topological polar surface area (TPSA) is 66.0 Å². The first-order chi connectivity index (χ1) is 13.1. The maximum Gasteiger partial charge on any atom is 0.287 e. The van der Waals surface area contributed by atoms with Gasteiger partial charge in [0, 0.05) is 17.4 Å². The van der Waals surface area contributed by atoms with Gasteiger partial charge in [-0.2, -0.15) is 5.26 Å². The average Bonchev–Trinajstić information content (AvgIpc) is 3.15. The van der Waals surface area contributed by atoms with Gasteiger partial charge in [0.1, 0.15) is 5.76 Å². The predicted octanol–water partition coefficient (Wildman–Crippen LogP) is 5.25. The van der Waals surface area contributed by atoms with Gasteiger partial charge in [-0.15, -0.1) is 11.8 Å². The largest absolute Gasteiger partial charge is 0.455 e. The number of nitrogens with zero attached hydrogens (tertiary/aromatic N) is 1. The van der Waals surface area contributed by atoms with Crippen molar-refractivity contribution in [2.24, 2.45) is 11.8 Å². The molecule has 4 nitrogen and oxygen atoms in total. The van der Waals surface area contributed by atoms with E-state index in [0.29, 0.717) is 24.0 Å². The van der Waals surface area contributed by atoms with E-state index < -0.39 is 0 Å². The van der Waals surface area contributed by atoms with E-state index >= 15 is 0 Å². The Balaban J connectivity index is 1.48. The fourth-order valence-electron chi connectivity index (χ4n) is 3.57. The molecule has 1 amide bonds. The molecule has 1 aromatic carbocycles. The lowest BCUT2D eigenvalue weighted by molar-refractivity contribution is 0.0913. The molecular formula is C22H26N2O2S. The second kappa shape index (κ2) is 9.14. The number of amides is 1. The standard InChI is InChI=1S/C22H26N2O2S/c1-15-4-3-5-16(2)21(15)27-14-19-10-11-20(26-19)22(25)24-13-18-8-6-17(12-23)7-9-18/h3-5,10-11,17-18H,6-9,13-14H2,1-2H3,(H,24,25). The van der Waals surface area contributed by atoms with Crippen LogP contribution in [0.3, 0.4) is 0 Å². The smallest absolute Gasteiger partial charge is 0.287 e. The first-order valence-corrected chi connectivity index (χ1v) is 10.5. The highest BCUT2D eigenvalue weighted by Crippen LogP contribution is 2.30. The maximum absolute atomic E-state index is 12.3. The summed E-state index contributed by atoms with van der Waals surface area (Å²) in [6, 6.07) is 12.3. The number of nitriles is 1. The SMILES string of the molecule is Cc1cccc(C)c1SCc1ccc(C(=O)NCC2CCC(C#N)CC2)o1. The summed E-state index contributed by atoms with van der Waals surface area (Å²) in [5.41, 5.74) is 2.52. The average molecular weight is 383 g/mol. The van der Waals surface area contributed by atoms with Gasteiger partial charge in [0.15, 0.2) is 5.76 Å². The molecule has 0 bridgehead atoms. The second-order valence-electron chi connectivity index (χ2n) is 7.33. The van der Waals surface area contributed by atoms with Gasteiger partial charge in [-0.05, 0) is 68.7 Å². The van der Waals surface area contributed by atoms with Gasteiger partial charge < -0.3 is 9.73 Å². The molecule has 1 saturated carbocycles. The number of carbonyl (C=O) groups is 1. The number of furan rings is 1. The van der Waals surface area contributed by atoms with Crippen molar-refractivity contribution in [1.29, 1.82) is 5.26 Å². The van der Waals surface area contributed by atoms with Crippen LogP contribution < -0.4 is 5.32 Å². The van der Waals surface area contributed by atoms with E-state index in [1.807, 2.05) is 6.07 Å². The summed E-state index contributed by atoms with van der Waals surface area (Å²) in [7, 11) is 0. The third kappa shape index (κ3) is 5.17. The Morgan fingerprint density at radius 2 is 1.89 bits per heavy atom. The molecule has 1 heterocycles. The van der Waals surface area contributed by atoms with E-state index in [-0.39, 0.29) is 11.8 Å². The Morgan fingerprint density at radius 1 is 1.19 bits per heavy atom. The third-order valence-electron chi connectivity index (χ3n) is 5.23. The molecule has 3 rings (SSSR count). The number of aryl methyl sites for hydroxylation is 2. The van der Waals surface area contributed by atoms with E-state index in [4.69, 9.17) is 9.68 Å². The van der Waals surface area contributed by atoms with Crippen molar-refractivity contribution >= 4 is 17.7 Å². The number of nitrogens with one attached hydrogen (secondary N) is 1. The summed E-state index contributed by atoms with van der Waals surface area (Å²) in [4.78, 5) is 13.6. The van der Waals surface area contributed by atoms with E-state index in [2.05, 4.69) is 43.4 Å². The fourth-order valence-corrected chi connectivity index (χ4v) is 4.60. The monoisotopic (exact) mass is 382 g/mol. The van der Waals surface area contributed by atoms with Gasteiger partial charge >= 0.3 is 0 Å². The van der Waals surface area contributed by atoms with Gasteiger partial charge in [0.2, 0.25) is 0 Å². The third-order valence-corrected chi connectivity index (χ3v) is 6.60. The zero-order valence-corrected chi connectivity index (χ0v) is 16.8. The molecule has 1 fully saturated rings. The molecule has 1 aromatic heterocycles. The molecule has 27 heavy (non-hydrogen) atoms. The number of hydrogen-bond donors (Lipinski definition) is 1. The minimum absolute atomic E-state index is 0.152. The van der Waals surface area contributed by atoms with Crippen LogP contribution in [-0.4, -0.2) is 12.5 Å². The Morgan fingerprint density at radius 3 is 2.56 bits per heavy atom. The molecule has 1 N–H and O–H groups in total. The van der Waals surface area contributed by atoms with Crippen LogP contribution in [0.1, 0.15) is 53.1 Å². The van der Waals surface area contributed by atoms with Gasteiger partial charge in [-0.25, -0.2) is 0 Å². The minimum Gasteiger partial charge on any atom is -0.455 e. The summed E-state index contributed by atoms with van der Waals surface area (Å²) in [6.45, 7) is 4.88. The second-order valence-corrected chi connectivity index (χ2v) is 8.32. The molecule has 0 atom stereocenters. The summed E-state index contributed by atoms with van der Waals surface area (Å²) >= 11 is 1.74. The molecule has 0 spiro atoms. The summed E-state index contributed by atoms with van der Waals surface area (Å²) in [6.07, 6.45) is 3.90. The lowest BCUT2D eigenvalue weighted by atomic mass is 9.83.